The molecule has 0 unspecified atom stereocenters. The average Bonchev–Trinajstić information content (AvgIpc) is 3.61. The number of ether oxygens (including phenoxy) is 1. The third-order valence-electron chi connectivity index (χ3n) is 6.08. The van der Waals surface area contributed by atoms with Crippen LogP contribution in [0.4, 0.5) is 18.9 Å². The lowest BCUT2D eigenvalue weighted by atomic mass is 10.0. The highest BCUT2D eigenvalue weighted by molar-refractivity contribution is 7.12. The molecule has 39 heavy (non-hydrogen) atoms. The SMILES string of the molecule is COCCN(CC(=O)N1N=C(c2cccs2)C[C@@H]1c1cccc([N+](=O)[O-])c1)C(=O)c1ccc(C(F)(F)F)cc1. The Hall–Kier alpha value is -4.10. The van der Waals surface area contributed by atoms with Gasteiger partial charge in [0, 0.05) is 37.8 Å². The van der Waals surface area contributed by atoms with E-state index in [-0.39, 0.29) is 24.4 Å². The second kappa shape index (κ2) is 11.7. The van der Waals surface area contributed by atoms with Gasteiger partial charge in [-0.15, -0.1) is 11.3 Å². The number of hydrazone groups is 1. The van der Waals surface area contributed by atoms with Crippen molar-refractivity contribution in [1.82, 2.24) is 9.91 Å². The van der Waals surface area contributed by atoms with Gasteiger partial charge in [0.2, 0.25) is 0 Å². The molecule has 0 spiro atoms. The third-order valence-corrected chi connectivity index (χ3v) is 6.99. The van der Waals surface area contributed by atoms with E-state index in [0.29, 0.717) is 17.7 Å². The minimum atomic E-state index is -4.55. The molecule has 204 valence electrons. The van der Waals surface area contributed by atoms with E-state index in [4.69, 9.17) is 4.74 Å². The molecule has 1 aliphatic rings. The van der Waals surface area contributed by atoms with Gasteiger partial charge < -0.3 is 9.64 Å². The molecule has 4 rings (SSSR count). The number of nitro groups is 1. The lowest BCUT2D eigenvalue weighted by Gasteiger charge is -2.27. The number of non-ortho nitro benzene ring substituents is 1. The highest BCUT2D eigenvalue weighted by atomic mass is 32.1. The van der Waals surface area contributed by atoms with E-state index in [1.807, 2.05) is 17.5 Å². The Bertz CT molecular complexity index is 1380. The molecular formula is C26H23F3N4O5S. The molecule has 0 bridgehead atoms. The van der Waals surface area contributed by atoms with Crippen molar-refractivity contribution in [3.63, 3.8) is 0 Å². The molecule has 2 heterocycles. The molecule has 0 aliphatic carbocycles. The molecule has 0 radical (unpaired) electrons. The van der Waals surface area contributed by atoms with Crippen molar-refractivity contribution in [3.8, 4) is 0 Å². The highest BCUT2D eigenvalue weighted by Gasteiger charge is 2.36. The Kier molecular flexibility index (Phi) is 8.41. The predicted octanol–water partition coefficient (Wildman–Crippen LogP) is 5.14. The summed E-state index contributed by atoms with van der Waals surface area (Å²) in [5.41, 5.74) is 0.0682. The maximum Gasteiger partial charge on any atom is 0.416 e. The Morgan fingerprint density at radius 2 is 1.92 bits per heavy atom. The minimum Gasteiger partial charge on any atom is -0.383 e. The summed E-state index contributed by atoms with van der Waals surface area (Å²) in [6.07, 6.45) is -4.25. The first kappa shape index (κ1) is 27.9. The Labute approximate surface area is 225 Å². The van der Waals surface area contributed by atoms with Crippen LogP contribution in [0.3, 0.4) is 0 Å². The van der Waals surface area contributed by atoms with Gasteiger partial charge in [0.25, 0.3) is 17.5 Å². The van der Waals surface area contributed by atoms with Gasteiger partial charge in [0.05, 0.1) is 33.7 Å². The zero-order chi connectivity index (χ0) is 28.2. The summed E-state index contributed by atoms with van der Waals surface area (Å²) in [6.45, 7) is -0.355. The summed E-state index contributed by atoms with van der Waals surface area (Å²) in [7, 11) is 1.42. The van der Waals surface area contributed by atoms with Crippen molar-refractivity contribution < 1.29 is 32.4 Å². The molecule has 0 saturated heterocycles. The van der Waals surface area contributed by atoms with Crippen molar-refractivity contribution in [2.24, 2.45) is 5.10 Å². The third kappa shape index (κ3) is 6.49. The van der Waals surface area contributed by atoms with Crippen molar-refractivity contribution >= 4 is 34.6 Å². The monoisotopic (exact) mass is 560 g/mol. The first-order valence-corrected chi connectivity index (χ1v) is 12.6. The van der Waals surface area contributed by atoms with E-state index in [0.717, 1.165) is 29.1 Å². The van der Waals surface area contributed by atoms with Crippen molar-refractivity contribution in [2.45, 2.75) is 18.6 Å². The van der Waals surface area contributed by atoms with Crippen molar-refractivity contribution in [2.75, 3.05) is 26.8 Å². The van der Waals surface area contributed by atoms with Gasteiger partial charge in [0.1, 0.15) is 6.54 Å². The minimum absolute atomic E-state index is 0.00108. The van der Waals surface area contributed by atoms with Gasteiger partial charge in [-0.05, 0) is 41.3 Å². The molecule has 9 nitrogen and oxygen atoms in total. The van der Waals surface area contributed by atoms with Gasteiger partial charge in [-0.2, -0.15) is 18.3 Å². The number of carbonyl (C=O) groups excluding carboxylic acids is 2. The van der Waals surface area contributed by atoms with Crippen LogP contribution in [0.25, 0.3) is 0 Å². The maximum absolute atomic E-state index is 13.6. The number of nitro benzene ring substituents is 1. The lowest BCUT2D eigenvalue weighted by molar-refractivity contribution is -0.385. The normalized spacial score (nSPS) is 15.2. The first-order chi connectivity index (χ1) is 18.6. The second-order valence-electron chi connectivity index (χ2n) is 8.63. The van der Waals surface area contributed by atoms with Crippen LogP contribution in [-0.2, 0) is 15.7 Å². The lowest BCUT2D eigenvalue weighted by Crippen LogP contribution is -2.42. The Balaban J connectivity index is 1.61. The number of nitrogens with zero attached hydrogens (tertiary/aromatic N) is 4. The van der Waals surface area contributed by atoms with Crippen LogP contribution in [0, 0.1) is 10.1 Å². The van der Waals surface area contributed by atoms with Gasteiger partial charge >= 0.3 is 6.18 Å². The zero-order valence-corrected chi connectivity index (χ0v) is 21.4. The van der Waals surface area contributed by atoms with Crippen LogP contribution in [0.2, 0.25) is 0 Å². The predicted molar refractivity (Wildman–Crippen MR) is 137 cm³/mol. The number of benzene rings is 2. The Morgan fingerprint density at radius 3 is 2.54 bits per heavy atom. The van der Waals surface area contributed by atoms with E-state index in [9.17, 15) is 32.9 Å². The molecule has 1 aliphatic heterocycles. The average molecular weight is 561 g/mol. The number of halogens is 3. The fraction of sp³-hybridized carbons (Fsp3) is 0.269. The number of amides is 2. The number of hydrogen-bond acceptors (Lipinski definition) is 7. The topological polar surface area (TPSA) is 105 Å². The van der Waals surface area contributed by atoms with E-state index in [2.05, 4.69) is 5.10 Å². The summed E-state index contributed by atoms with van der Waals surface area (Å²) in [5.74, 6) is -1.21. The fourth-order valence-corrected chi connectivity index (χ4v) is 4.83. The maximum atomic E-state index is 13.6. The van der Waals surface area contributed by atoms with Gasteiger partial charge in [-0.25, -0.2) is 5.01 Å². The van der Waals surface area contributed by atoms with Crippen molar-refractivity contribution in [3.05, 3.63) is 97.7 Å². The Morgan fingerprint density at radius 1 is 1.18 bits per heavy atom. The molecule has 0 fully saturated rings. The number of carbonyl (C=O) groups is 2. The number of alkyl halides is 3. The smallest absolute Gasteiger partial charge is 0.383 e. The van der Waals surface area contributed by atoms with E-state index in [1.54, 1.807) is 6.07 Å². The molecule has 1 aromatic heterocycles. The largest absolute Gasteiger partial charge is 0.416 e. The zero-order valence-electron chi connectivity index (χ0n) is 20.6. The van der Waals surface area contributed by atoms with Gasteiger partial charge in [-0.1, -0.05) is 18.2 Å². The van der Waals surface area contributed by atoms with E-state index < -0.39 is 41.1 Å². The molecule has 2 amide bonds. The molecule has 13 heteroatoms. The van der Waals surface area contributed by atoms with Crippen LogP contribution in [0.5, 0.6) is 0 Å². The van der Waals surface area contributed by atoms with Gasteiger partial charge in [0.15, 0.2) is 0 Å². The first-order valence-electron chi connectivity index (χ1n) is 11.7. The molecule has 2 aromatic carbocycles. The molecule has 0 saturated carbocycles. The molecule has 1 atom stereocenters. The van der Waals surface area contributed by atoms with E-state index >= 15 is 0 Å². The summed E-state index contributed by atoms with van der Waals surface area (Å²) in [4.78, 5) is 39.6. The van der Waals surface area contributed by atoms with Crippen molar-refractivity contribution in [1.29, 1.82) is 0 Å². The molecule has 0 N–H and O–H groups in total. The summed E-state index contributed by atoms with van der Waals surface area (Å²) >= 11 is 1.43. The number of rotatable bonds is 9. The number of thiophene rings is 1. The number of methoxy groups -OCH3 is 1. The van der Waals surface area contributed by atoms with Crippen LogP contribution < -0.4 is 0 Å². The standard InChI is InChI=1S/C26H23F3N4O5S/c1-38-12-11-31(25(35)17-7-9-19(10-8-17)26(27,28)29)16-24(34)32-22(15-21(30-32)23-6-3-13-39-23)18-4-2-5-20(14-18)33(36)37/h2-10,13-14,22H,11-12,15-16H2,1H3/t22-/m1/s1. The highest BCUT2D eigenvalue weighted by Crippen LogP contribution is 2.35. The van der Waals surface area contributed by atoms with Gasteiger partial charge in [-0.3, -0.25) is 19.7 Å². The molecular weight excluding hydrogens is 537 g/mol. The number of hydrogen-bond donors (Lipinski definition) is 0. The second-order valence-corrected chi connectivity index (χ2v) is 9.58. The summed E-state index contributed by atoms with van der Waals surface area (Å²) in [6, 6.07) is 12.7. The van der Waals surface area contributed by atoms with E-state index in [1.165, 1.54) is 46.6 Å². The van der Waals surface area contributed by atoms with Crippen LogP contribution >= 0.6 is 11.3 Å². The fourth-order valence-electron chi connectivity index (χ4n) is 4.11. The van der Waals surface area contributed by atoms with Crippen LogP contribution in [0.15, 0.2) is 71.1 Å². The summed E-state index contributed by atoms with van der Waals surface area (Å²) in [5, 5.41) is 18.9. The van der Waals surface area contributed by atoms with Crippen LogP contribution in [-0.4, -0.2) is 59.2 Å². The summed E-state index contributed by atoms with van der Waals surface area (Å²) < 4.78 is 43.9. The quantitative estimate of drug-likeness (QED) is 0.266. The van der Waals surface area contributed by atoms with Crippen LogP contribution in [0.1, 0.15) is 38.8 Å². The molecule has 3 aromatic rings.